The van der Waals surface area contributed by atoms with E-state index in [-0.39, 0.29) is 29.6 Å². The standard InChI is InChI=1S/C25H34ClN3O3/c1-16-14-28(7-8-29(16)25(32)19-5-3-4-6-19)15-20-12-21(26)13-23(17(20)2)27-24(31)11-18-9-22(30)10-18/h12-13,16,18-19H,3-11,14-15H2,1-2H3,(H,27,31). The molecule has 2 amide bonds. The number of rotatable bonds is 6. The van der Waals surface area contributed by atoms with Crippen molar-refractivity contribution < 1.29 is 14.4 Å². The smallest absolute Gasteiger partial charge is 0.226 e. The van der Waals surface area contributed by atoms with Crippen LogP contribution in [0.1, 0.15) is 63.0 Å². The van der Waals surface area contributed by atoms with Gasteiger partial charge in [0.15, 0.2) is 0 Å². The highest BCUT2D eigenvalue weighted by Gasteiger charge is 2.33. The summed E-state index contributed by atoms with van der Waals surface area (Å²) in [4.78, 5) is 40.9. The number of anilines is 1. The van der Waals surface area contributed by atoms with Gasteiger partial charge >= 0.3 is 0 Å². The van der Waals surface area contributed by atoms with Crippen molar-refractivity contribution in [1.29, 1.82) is 0 Å². The third-order valence-electron chi connectivity index (χ3n) is 7.35. The number of nitrogens with one attached hydrogen (secondary N) is 1. The zero-order chi connectivity index (χ0) is 22.8. The summed E-state index contributed by atoms with van der Waals surface area (Å²) in [6.45, 7) is 7.33. The van der Waals surface area contributed by atoms with E-state index in [0.717, 1.165) is 55.8 Å². The van der Waals surface area contributed by atoms with Gasteiger partial charge in [0.05, 0.1) is 0 Å². The lowest BCUT2D eigenvalue weighted by Gasteiger charge is -2.41. The molecule has 1 aromatic carbocycles. The van der Waals surface area contributed by atoms with E-state index < -0.39 is 0 Å². The summed E-state index contributed by atoms with van der Waals surface area (Å²) in [5.41, 5.74) is 2.85. The Labute approximate surface area is 195 Å². The predicted octanol–water partition coefficient (Wildman–Crippen LogP) is 4.18. The molecule has 0 aromatic heterocycles. The fraction of sp³-hybridized carbons (Fsp3) is 0.640. The first kappa shape index (κ1) is 23.2. The number of hydrogen-bond acceptors (Lipinski definition) is 4. The maximum absolute atomic E-state index is 12.9. The third-order valence-corrected chi connectivity index (χ3v) is 7.57. The molecule has 6 nitrogen and oxygen atoms in total. The monoisotopic (exact) mass is 459 g/mol. The van der Waals surface area contributed by atoms with Gasteiger partial charge in [-0.15, -0.1) is 0 Å². The van der Waals surface area contributed by atoms with Crippen LogP contribution in [0.15, 0.2) is 12.1 Å². The van der Waals surface area contributed by atoms with E-state index in [1.807, 2.05) is 13.0 Å². The lowest BCUT2D eigenvalue weighted by atomic mass is 9.81. The molecule has 2 saturated carbocycles. The molecule has 0 radical (unpaired) electrons. The largest absolute Gasteiger partial charge is 0.337 e. The van der Waals surface area contributed by atoms with Crippen molar-refractivity contribution in [3.8, 4) is 0 Å². The van der Waals surface area contributed by atoms with Gasteiger partial charge in [-0.25, -0.2) is 0 Å². The quantitative estimate of drug-likeness (QED) is 0.692. The molecule has 1 aliphatic heterocycles. The number of carbonyl (C=O) groups excluding carboxylic acids is 3. The van der Waals surface area contributed by atoms with Crippen LogP contribution in [-0.2, 0) is 20.9 Å². The van der Waals surface area contributed by atoms with Crippen molar-refractivity contribution in [1.82, 2.24) is 9.80 Å². The Hall–Kier alpha value is -1.92. The number of benzene rings is 1. The molecule has 4 rings (SSSR count). The summed E-state index contributed by atoms with van der Waals surface area (Å²) in [7, 11) is 0. The Morgan fingerprint density at radius 3 is 2.53 bits per heavy atom. The molecule has 1 heterocycles. The van der Waals surface area contributed by atoms with Crippen LogP contribution in [0, 0.1) is 18.8 Å². The molecule has 1 atom stereocenters. The van der Waals surface area contributed by atoms with Crippen LogP contribution in [0.4, 0.5) is 5.69 Å². The molecule has 1 N–H and O–H groups in total. The first-order chi connectivity index (χ1) is 15.3. The van der Waals surface area contributed by atoms with Gasteiger partial charge in [-0.2, -0.15) is 0 Å². The number of hydrogen-bond donors (Lipinski definition) is 1. The number of carbonyl (C=O) groups is 3. The van der Waals surface area contributed by atoms with Crippen LogP contribution >= 0.6 is 11.6 Å². The fourth-order valence-corrected chi connectivity index (χ4v) is 5.61. The Morgan fingerprint density at radius 2 is 1.88 bits per heavy atom. The zero-order valence-electron chi connectivity index (χ0n) is 19.2. The molecule has 174 valence electrons. The van der Waals surface area contributed by atoms with E-state index in [0.29, 0.717) is 30.2 Å². The summed E-state index contributed by atoms with van der Waals surface area (Å²) >= 11 is 6.39. The summed E-state index contributed by atoms with van der Waals surface area (Å²) in [5.74, 6) is 0.913. The summed E-state index contributed by atoms with van der Waals surface area (Å²) in [6, 6.07) is 3.96. The Bertz CT molecular complexity index is 889. The summed E-state index contributed by atoms with van der Waals surface area (Å²) in [6.07, 6.45) is 5.84. The average Bonchev–Trinajstić information content (AvgIpc) is 3.25. The molecule has 3 fully saturated rings. The molecule has 3 aliphatic rings. The van der Waals surface area contributed by atoms with Gasteiger partial charge in [-0.1, -0.05) is 24.4 Å². The molecule has 1 aromatic rings. The number of ketones is 1. The van der Waals surface area contributed by atoms with Gasteiger partial charge in [-0.05, 0) is 55.9 Å². The zero-order valence-corrected chi connectivity index (χ0v) is 19.9. The van der Waals surface area contributed by atoms with Crippen LogP contribution in [-0.4, -0.2) is 53.1 Å². The minimum absolute atomic E-state index is 0.0634. The lowest BCUT2D eigenvalue weighted by molar-refractivity contribution is -0.140. The molecule has 0 bridgehead atoms. The Kier molecular flexibility index (Phi) is 7.21. The normalized spacial score (nSPS) is 22.8. The number of Topliss-reactive ketones (excluding diaryl/α,β-unsaturated/α-hetero) is 1. The minimum atomic E-state index is -0.0634. The van der Waals surface area contributed by atoms with Crippen LogP contribution in [0.3, 0.4) is 0 Å². The maximum Gasteiger partial charge on any atom is 0.226 e. The fourth-order valence-electron chi connectivity index (χ4n) is 5.37. The van der Waals surface area contributed by atoms with Gasteiger partial charge in [0.2, 0.25) is 11.8 Å². The number of halogens is 1. The molecule has 7 heteroatoms. The minimum Gasteiger partial charge on any atom is -0.337 e. The summed E-state index contributed by atoms with van der Waals surface area (Å²) in [5, 5.41) is 3.60. The highest BCUT2D eigenvalue weighted by Crippen LogP contribution is 2.31. The van der Waals surface area contributed by atoms with Crippen molar-refractivity contribution in [2.75, 3.05) is 25.0 Å². The molecule has 1 unspecified atom stereocenters. The van der Waals surface area contributed by atoms with E-state index in [1.165, 1.54) is 12.8 Å². The highest BCUT2D eigenvalue weighted by atomic mass is 35.5. The van der Waals surface area contributed by atoms with E-state index >= 15 is 0 Å². The van der Waals surface area contributed by atoms with Crippen molar-refractivity contribution in [3.63, 3.8) is 0 Å². The predicted molar refractivity (Wildman–Crippen MR) is 126 cm³/mol. The van der Waals surface area contributed by atoms with Gasteiger partial charge in [-0.3, -0.25) is 19.3 Å². The lowest BCUT2D eigenvalue weighted by Crippen LogP contribution is -2.54. The molecule has 0 spiro atoms. The highest BCUT2D eigenvalue weighted by molar-refractivity contribution is 6.31. The van der Waals surface area contributed by atoms with Crippen LogP contribution in [0.5, 0.6) is 0 Å². The van der Waals surface area contributed by atoms with Crippen molar-refractivity contribution in [3.05, 3.63) is 28.3 Å². The van der Waals surface area contributed by atoms with E-state index in [9.17, 15) is 14.4 Å². The van der Waals surface area contributed by atoms with Crippen molar-refractivity contribution in [2.24, 2.45) is 11.8 Å². The third kappa shape index (κ3) is 5.34. The van der Waals surface area contributed by atoms with E-state index in [2.05, 4.69) is 22.0 Å². The van der Waals surface area contributed by atoms with Gasteiger partial charge < -0.3 is 10.2 Å². The maximum atomic E-state index is 12.9. The van der Waals surface area contributed by atoms with Crippen LogP contribution in [0.2, 0.25) is 5.02 Å². The van der Waals surface area contributed by atoms with E-state index in [1.54, 1.807) is 6.07 Å². The number of nitrogens with zero attached hydrogens (tertiary/aromatic N) is 2. The van der Waals surface area contributed by atoms with Crippen LogP contribution < -0.4 is 5.32 Å². The van der Waals surface area contributed by atoms with Crippen molar-refractivity contribution >= 4 is 34.9 Å². The van der Waals surface area contributed by atoms with Crippen LogP contribution in [0.25, 0.3) is 0 Å². The number of piperazine rings is 1. The molecular formula is C25H34ClN3O3. The number of amides is 2. The second-order valence-electron chi connectivity index (χ2n) is 9.90. The second kappa shape index (κ2) is 9.92. The van der Waals surface area contributed by atoms with Gasteiger partial charge in [0, 0.05) is 68.1 Å². The van der Waals surface area contributed by atoms with Crippen molar-refractivity contribution in [2.45, 2.75) is 71.4 Å². The first-order valence-electron chi connectivity index (χ1n) is 11.9. The van der Waals surface area contributed by atoms with Gasteiger partial charge in [0.25, 0.3) is 0 Å². The SMILES string of the molecule is Cc1c(CN2CCN(C(=O)C3CCCC3)C(C)C2)cc(Cl)cc1NC(=O)CC1CC(=O)C1. The Balaban J connectivity index is 1.36. The Morgan fingerprint density at radius 1 is 1.16 bits per heavy atom. The first-order valence-corrected chi connectivity index (χ1v) is 12.3. The topological polar surface area (TPSA) is 69.7 Å². The second-order valence-corrected chi connectivity index (χ2v) is 10.3. The van der Waals surface area contributed by atoms with Gasteiger partial charge in [0.1, 0.15) is 5.78 Å². The molecule has 2 aliphatic carbocycles. The molecule has 32 heavy (non-hydrogen) atoms. The summed E-state index contributed by atoms with van der Waals surface area (Å²) < 4.78 is 0. The molecular weight excluding hydrogens is 426 g/mol. The molecule has 1 saturated heterocycles. The average molecular weight is 460 g/mol. The van der Waals surface area contributed by atoms with E-state index in [4.69, 9.17) is 11.6 Å².